The summed E-state index contributed by atoms with van der Waals surface area (Å²) in [6.45, 7) is 11.1. The Morgan fingerprint density at radius 1 is 1.32 bits per heavy atom. The second-order valence-corrected chi connectivity index (χ2v) is 10.3. The van der Waals surface area contributed by atoms with Crippen LogP contribution in [0.2, 0.25) is 0 Å². The summed E-state index contributed by atoms with van der Waals surface area (Å²) in [6.07, 6.45) is 1.72. The number of nitrogens with zero attached hydrogens (tertiary/aromatic N) is 1. The molecule has 25 heavy (non-hydrogen) atoms. The lowest BCUT2D eigenvalue weighted by Gasteiger charge is -2.26. The Labute approximate surface area is 159 Å². The van der Waals surface area contributed by atoms with Gasteiger partial charge in [0, 0.05) is 28.9 Å². The summed E-state index contributed by atoms with van der Waals surface area (Å²) in [7, 11) is 0. The molecule has 0 radical (unpaired) electrons. The average Bonchev–Trinajstić information content (AvgIpc) is 2.84. The zero-order valence-electron chi connectivity index (χ0n) is 15.3. The molecule has 0 aliphatic rings. The number of fused-ring (bicyclic) bond motifs is 1. The topological polar surface area (TPSA) is 57.1 Å². The predicted molar refractivity (Wildman–Crippen MR) is 105 cm³/mol. The van der Waals surface area contributed by atoms with Crippen molar-refractivity contribution >= 4 is 44.1 Å². The molecule has 0 saturated carbocycles. The van der Waals surface area contributed by atoms with Gasteiger partial charge in [0.2, 0.25) is 5.91 Å². The summed E-state index contributed by atoms with van der Waals surface area (Å²) in [5, 5.41) is 0.639. The Balaban J connectivity index is 2.56. The molecule has 1 aromatic heterocycles. The second kappa shape index (κ2) is 7.39. The van der Waals surface area contributed by atoms with Gasteiger partial charge in [0.1, 0.15) is 10.6 Å². The normalized spacial score (nSPS) is 15.0. The number of halogens is 2. The first-order valence-corrected chi connectivity index (χ1v) is 10.1. The maximum Gasteiger partial charge on any atom is 0.233 e. The van der Waals surface area contributed by atoms with Crippen LogP contribution in [0.1, 0.15) is 57.9 Å². The predicted octanol–water partition coefficient (Wildman–Crippen LogP) is 4.95. The quantitative estimate of drug-likeness (QED) is 0.697. The summed E-state index contributed by atoms with van der Waals surface area (Å²) < 4.78 is 31.0. The van der Waals surface area contributed by atoms with Crippen LogP contribution in [0.25, 0.3) is 10.9 Å². The van der Waals surface area contributed by atoms with E-state index in [9.17, 15) is 13.7 Å². The molecule has 0 amide bonds. The van der Waals surface area contributed by atoms with E-state index in [0.29, 0.717) is 15.4 Å². The van der Waals surface area contributed by atoms with Gasteiger partial charge in [-0.25, -0.2) is 4.39 Å². The zero-order chi connectivity index (χ0) is 19.1. The van der Waals surface area contributed by atoms with Gasteiger partial charge in [-0.2, -0.15) is 0 Å². The first-order chi connectivity index (χ1) is 11.4. The molecule has 2 rings (SSSR count). The van der Waals surface area contributed by atoms with E-state index < -0.39 is 21.9 Å². The third-order valence-electron chi connectivity index (χ3n) is 3.92. The Morgan fingerprint density at radius 2 is 1.92 bits per heavy atom. The molecule has 1 heterocycles. The number of nitrogens with one attached hydrogen (secondary N) is 1. The third kappa shape index (κ3) is 4.27. The van der Waals surface area contributed by atoms with Crippen molar-refractivity contribution in [1.82, 2.24) is 9.29 Å². The number of benzene rings is 1. The van der Waals surface area contributed by atoms with Gasteiger partial charge in [-0.05, 0) is 61.3 Å². The minimum atomic E-state index is -1.28. The van der Waals surface area contributed by atoms with Crippen molar-refractivity contribution in [2.45, 2.75) is 52.3 Å². The fraction of sp³-hybridized carbons (Fsp3) is 0.500. The molecule has 0 saturated heterocycles. The summed E-state index contributed by atoms with van der Waals surface area (Å²) in [5.41, 5.74) is 1.38. The van der Waals surface area contributed by atoms with E-state index >= 15 is 0 Å². The lowest BCUT2D eigenvalue weighted by atomic mass is 10.1. The molecular weight excluding hydrogens is 407 g/mol. The maximum atomic E-state index is 14.1. The number of hydrogen-bond donors (Lipinski definition) is 1. The van der Waals surface area contributed by atoms with E-state index in [0.717, 1.165) is 5.56 Å². The molecule has 0 aliphatic carbocycles. The molecule has 0 spiro atoms. The van der Waals surface area contributed by atoms with Gasteiger partial charge in [-0.3, -0.25) is 9.36 Å². The van der Waals surface area contributed by atoms with E-state index in [4.69, 9.17) is 0 Å². The molecule has 0 bridgehead atoms. The van der Waals surface area contributed by atoms with Gasteiger partial charge in [-0.1, -0.05) is 13.8 Å². The minimum Gasteiger partial charge on any atom is -0.598 e. The Hall–Kier alpha value is -0.890. The number of rotatable bonds is 4. The molecule has 1 aromatic carbocycles. The van der Waals surface area contributed by atoms with Crippen molar-refractivity contribution in [3.63, 3.8) is 0 Å². The number of carbonyl (C=O) groups excluding carboxylic acids is 1. The first kappa shape index (κ1) is 20.4. The molecule has 0 aliphatic heterocycles. The standard InChI is InChI=1S/C18H24BrFN2O2S/c1-10(2)17(23)22-9-13(11(3)21-25(24)18(4,5)6)12-7-15(20)14(19)8-16(12)22/h7-11,21H,1-6H3/t11-,25?/m1/s1. The summed E-state index contributed by atoms with van der Waals surface area (Å²) in [6, 6.07) is 2.73. The van der Waals surface area contributed by atoms with E-state index in [1.54, 1.807) is 16.8 Å². The Kier molecular flexibility index (Phi) is 6.03. The molecular formula is C18H24BrFN2O2S. The van der Waals surface area contributed by atoms with Gasteiger partial charge in [0.15, 0.2) is 0 Å². The van der Waals surface area contributed by atoms with Crippen LogP contribution in [0.15, 0.2) is 22.8 Å². The van der Waals surface area contributed by atoms with Gasteiger partial charge in [0.05, 0.1) is 16.0 Å². The van der Waals surface area contributed by atoms with E-state index in [-0.39, 0.29) is 17.9 Å². The van der Waals surface area contributed by atoms with Crippen LogP contribution >= 0.6 is 15.9 Å². The number of hydrogen-bond acceptors (Lipinski definition) is 3. The molecule has 0 fully saturated rings. The first-order valence-electron chi connectivity index (χ1n) is 8.15. The average molecular weight is 431 g/mol. The highest BCUT2D eigenvalue weighted by atomic mass is 79.9. The highest BCUT2D eigenvalue weighted by Gasteiger charge is 2.30. The third-order valence-corrected chi connectivity index (χ3v) is 6.20. The number of carbonyl (C=O) groups is 1. The van der Waals surface area contributed by atoms with E-state index in [1.807, 2.05) is 41.5 Å². The molecule has 2 atom stereocenters. The highest BCUT2D eigenvalue weighted by Crippen LogP contribution is 2.32. The molecule has 1 unspecified atom stereocenters. The largest absolute Gasteiger partial charge is 0.598 e. The van der Waals surface area contributed by atoms with Gasteiger partial charge in [-0.15, -0.1) is 4.72 Å². The highest BCUT2D eigenvalue weighted by molar-refractivity contribution is 9.10. The second-order valence-electron chi connectivity index (χ2n) is 7.45. The van der Waals surface area contributed by atoms with Gasteiger partial charge < -0.3 is 4.55 Å². The van der Waals surface area contributed by atoms with Crippen molar-refractivity contribution in [3.05, 3.63) is 34.2 Å². The fourth-order valence-corrected chi connectivity index (χ4v) is 3.58. The van der Waals surface area contributed by atoms with Gasteiger partial charge >= 0.3 is 0 Å². The Morgan fingerprint density at radius 3 is 2.44 bits per heavy atom. The van der Waals surface area contributed by atoms with Crippen LogP contribution in [0, 0.1) is 11.7 Å². The summed E-state index contributed by atoms with van der Waals surface area (Å²) >= 11 is 1.91. The van der Waals surface area contributed by atoms with Crippen LogP contribution in [0.5, 0.6) is 0 Å². The Bertz CT molecular complexity index is 798. The molecule has 1 N–H and O–H groups in total. The molecule has 4 nitrogen and oxygen atoms in total. The molecule has 138 valence electrons. The van der Waals surface area contributed by atoms with Crippen molar-refractivity contribution in [1.29, 1.82) is 0 Å². The number of aromatic nitrogens is 1. The fourth-order valence-electron chi connectivity index (χ4n) is 2.45. The van der Waals surface area contributed by atoms with Crippen LogP contribution in [0.3, 0.4) is 0 Å². The SMILES string of the molecule is CC(C)C(=O)n1cc([C@@H](C)N[S+]([O-])C(C)(C)C)c2cc(F)c(Br)cc21. The monoisotopic (exact) mass is 430 g/mol. The van der Waals surface area contributed by atoms with Crippen molar-refractivity contribution in [2.24, 2.45) is 5.92 Å². The smallest absolute Gasteiger partial charge is 0.233 e. The summed E-state index contributed by atoms with van der Waals surface area (Å²) in [4.78, 5) is 12.5. The lowest BCUT2D eigenvalue weighted by molar-refractivity contribution is 0.0860. The summed E-state index contributed by atoms with van der Waals surface area (Å²) in [5.74, 6) is -0.661. The van der Waals surface area contributed by atoms with Crippen LogP contribution in [-0.4, -0.2) is 19.8 Å². The van der Waals surface area contributed by atoms with E-state index in [1.165, 1.54) is 6.07 Å². The van der Waals surface area contributed by atoms with Crippen LogP contribution < -0.4 is 4.72 Å². The van der Waals surface area contributed by atoms with Crippen molar-refractivity contribution in [2.75, 3.05) is 0 Å². The van der Waals surface area contributed by atoms with Crippen molar-refractivity contribution in [3.8, 4) is 0 Å². The van der Waals surface area contributed by atoms with Crippen LogP contribution in [-0.2, 0) is 11.4 Å². The molecule has 2 aromatic rings. The zero-order valence-corrected chi connectivity index (χ0v) is 17.7. The molecule has 7 heteroatoms. The lowest BCUT2D eigenvalue weighted by Crippen LogP contribution is -2.40. The maximum absolute atomic E-state index is 14.1. The van der Waals surface area contributed by atoms with Crippen molar-refractivity contribution < 1.29 is 13.7 Å². The van der Waals surface area contributed by atoms with Crippen LogP contribution in [0.4, 0.5) is 4.39 Å². The van der Waals surface area contributed by atoms with Gasteiger partial charge in [0.25, 0.3) is 0 Å². The van der Waals surface area contributed by atoms with E-state index in [2.05, 4.69) is 20.7 Å². The minimum absolute atomic E-state index is 0.0705.